The lowest BCUT2D eigenvalue weighted by molar-refractivity contribution is -0.384. The first-order chi connectivity index (χ1) is 14.8. The lowest BCUT2D eigenvalue weighted by Crippen LogP contribution is -2.24. The minimum Gasteiger partial charge on any atom is -0.318 e. The summed E-state index contributed by atoms with van der Waals surface area (Å²) >= 11 is 5.91. The molecule has 0 spiro atoms. The van der Waals surface area contributed by atoms with Gasteiger partial charge in [0.25, 0.3) is 11.6 Å². The lowest BCUT2D eigenvalue weighted by Gasteiger charge is -2.10. The average molecular weight is 436 g/mol. The Morgan fingerprint density at radius 2 is 1.97 bits per heavy atom. The number of nitriles is 1. The third-order valence-electron chi connectivity index (χ3n) is 4.76. The van der Waals surface area contributed by atoms with Crippen molar-refractivity contribution in [1.29, 1.82) is 5.26 Å². The van der Waals surface area contributed by atoms with E-state index >= 15 is 0 Å². The van der Waals surface area contributed by atoms with Crippen LogP contribution in [0, 0.1) is 35.3 Å². The zero-order valence-corrected chi connectivity index (χ0v) is 17.5. The van der Waals surface area contributed by atoms with Gasteiger partial charge in [-0.3, -0.25) is 14.9 Å². The van der Waals surface area contributed by atoms with Gasteiger partial charge >= 0.3 is 0 Å². The Balaban J connectivity index is 1.82. The van der Waals surface area contributed by atoms with E-state index in [9.17, 15) is 20.2 Å². The first-order valence-electron chi connectivity index (χ1n) is 9.24. The summed E-state index contributed by atoms with van der Waals surface area (Å²) in [5.41, 5.74) is 5.69. The largest absolute Gasteiger partial charge is 0.318 e. The number of rotatable bonds is 6. The Hall–Kier alpha value is -3.96. The molecule has 0 saturated carbocycles. The first-order valence-corrected chi connectivity index (χ1v) is 9.62. The van der Waals surface area contributed by atoms with Crippen LogP contribution in [0.2, 0.25) is 5.02 Å². The quantitative estimate of drug-likeness (QED) is 0.351. The van der Waals surface area contributed by atoms with E-state index in [2.05, 4.69) is 10.5 Å². The van der Waals surface area contributed by atoms with Crippen LogP contribution in [0.4, 0.5) is 5.69 Å². The number of aryl methyl sites for hydroxylation is 1. The van der Waals surface area contributed by atoms with Crippen molar-refractivity contribution in [2.24, 2.45) is 5.10 Å². The van der Waals surface area contributed by atoms with Gasteiger partial charge in [-0.15, -0.1) is 0 Å². The second-order valence-electron chi connectivity index (χ2n) is 6.76. The highest BCUT2D eigenvalue weighted by molar-refractivity contribution is 6.32. The summed E-state index contributed by atoms with van der Waals surface area (Å²) in [5, 5.41) is 24.6. The lowest BCUT2D eigenvalue weighted by atomic mass is 10.0. The average Bonchev–Trinajstić information content (AvgIpc) is 3.03. The molecule has 1 atom stereocenters. The molecule has 0 aliphatic carbocycles. The standard InChI is InChI=1S/C22H18ClN5O3/c1-14-10-17(13-25-26-22(29)19(12-24)16-6-4-3-5-7-16)15(2)27(14)18-8-9-20(23)21(11-18)28(30)31/h3-11,13,19H,1-2H3,(H,26,29)/b25-13-/t19-/m1/s1. The molecule has 1 amide bonds. The second kappa shape index (κ2) is 9.24. The van der Waals surface area contributed by atoms with E-state index in [0.717, 1.165) is 11.4 Å². The number of nitro benzene ring substituents is 1. The number of amides is 1. The van der Waals surface area contributed by atoms with Gasteiger partial charge < -0.3 is 4.57 Å². The molecule has 31 heavy (non-hydrogen) atoms. The maximum atomic E-state index is 12.3. The van der Waals surface area contributed by atoms with Gasteiger partial charge in [-0.1, -0.05) is 41.9 Å². The summed E-state index contributed by atoms with van der Waals surface area (Å²) in [6.45, 7) is 3.68. The van der Waals surface area contributed by atoms with Gasteiger partial charge in [0.15, 0.2) is 5.92 Å². The van der Waals surface area contributed by atoms with Gasteiger partial charge in [0.2, 0.25) is 0 Å². The van der Waals surface area contributed by atoms with Gasteiger partial charge in [0.1, 0.15) is 5.02 Å². The van der Waals surface area contributed by atoms with Crippen molar-refractivity contribution >= 4 is 29.4 Å². The van der Waals surface area contributed by atoms with Gasteiger partial charge in [-0.05, 0) is 37.6 Å². The highest BCUT2D eigenvalue weighted by Gasteiger charge is 2.20. The van der Waals surface area contributed by atoms with Crippen LogP contribution in [0.3, 0.4) is 0 Å². The van der Waals surface area contributed by atoms with Gasteiger partial charge in [-0.25, -0.2) is 5.43 Å². The van der Waals surface area contributed by atoms with Crippen molar-refractivity contribution in [3.8, 4) is 11.8 Å². The number of hydrogen-bond donors (Lipinski definition) is 1. The zero-order chi connectivity index (χ0) is 22.5. The number of nitrogens with zero attached hydrogens (tertiary/aromatic N) is 4. The zero-order valence-electron chi connectivity index (χ0n) is 16.7. The van der Waals surface area contributed by atoms with Gasteiger partial charge in [-0.2, -0.15) is 10.4 Å². The van der Waals surface area contributed by atoms with Crippen LogP contribution >= 0.6 is 11.6 Å². The van der Waals surface area contributed by atoms with Crippen LogP contribution in [0.1, 0.15) is 28.4 Å². The summed E-state index contributed by atoms with van der Waals surface area (Å²) in [5.74, 6) is -1.51. The molecule has 3 aromatic rings. The van der Waals surface area contributed by atoms with Crippen LogP contribution in [0.5, 0.6) is 0 Å². The molecule has 8 nitrogen and oxygen atoms in total. The SMILES string of the molecule is Cc1cc(/C=N\NC(=O)[C@H](C#N)c2ccccc2)c(C)n1-c1ccc(Cl)c([N+](=O)[O-])c1. The van der Waals surface area contributed by atoms with Crippen LogP contribution in [-0.4, -0.2) is 21.6 Å². The highest BCUT2D eigenvalue weighted by Crippen LogP contribution is 2.29. The van der Waals surface area contributed by atoms with Crippen LogP contribution in [0.25, 0.3) is 5.69 Å². The molecule has 2 aromatic carbocycles. The third-order valence-corrected chi connectivity index (χ3v) is 5.08. The predicted octanol–water partition coefficient (Wildman–Crippen LogP) is 4.41. The molecule has 1 heterocycles. The summed E-state index contributed by atoms with van der Waals surface area (Å²) in [7, 11) is 0. The van der Waals surface area contributed by atoms with E-state index in [-0.39, 0.29) is 10.7 Å². The van der Waals surface area contributed by atoms with Gasteiger partial charge in [0, 0.05) is 23.0 Å². The molecule has 9 heteroatoms. The van der Waals surface area contributed by atoms with Crippen molar-refractivity contribution in [1.82, 2.24) is 9.99 Å². The molecule has 0 bridgehead atoms. The molecule has 0 aliphatic rings. The summed E-state index contributed by atoms with van der Waals surface area (Å²) < 4.78 is 1.83. The summed E-state index contributed by atoms with van der Waals surface area (Å²) in [6.07, 6.45) is 1.47. The van der Waals surface area contributed by atoms with E-state index in [0.29, 0.717) is 16.8 Å². The van der Waals surface area contributed by atoms with E-state index in [1.54, 1.807) is 36.4 Å². The Labute approximate surface area is 183 Å². The molecule has 0 saturated heterocycles. The maximum absolute atomic E-state index is 12.3. The summed E-state index contributed by atoms with van der Waals surface area (Å²) in [6, 6.07) is 17.1. The molecule has 1 aromatic heterocycles. The smallest absolute Gasteiger partial charge is 0.289 e. The van der Waals surface area contributed by atoms with Crippen molar-refractivity contribution in [3.63, 3.8) is 0 Å². The molecular formula is C22H18ClN5O3. The highest BCUT2D eigenvalue weighted by atomic mass is 35.5. The monoisotopic (exact) mass is 435 g/mol. The molecule has 1 N–H and O–H groups in total. The van der Waals surface area contributed by atoms with Crippen molar-refractivity contribution < 1.29 is 9.72 Å². The van der Waals surface area contributed by atoms with Crippen molar-refractivity contribution in [2.75, 3.05) is 0 Å². The Bertz CT molecular complexity index is 1210. The number of aromatic nitrogens is 1. The van der Waals surface area contributed by atoms with Gasteiger partial charge in [0.05, 0.1) is 22.9 Å². The van der Waals surface area contributed by atoms with E-state index in [1.165, 1.54) is 18.3 Å². The molecule has 156 valence electrons. The molecule has 0 aliphatic heterocycles. The van der Waals surface area contributed by atoms with E-state index in [4.69, 9.17) is 11.6 Å². The second-order valence-corrected chi connectivity index (χ2v) is 7.17. The molecule has 0 radical (unpaired) electrons. The molecular weight excluding hydrogens is 418 g/mol. The molecule has 0 fully saturated rings. The van der Waals surface area contributed by atoms with Crippen molar-refractivity contribution in [2.45, 2.75) is 19.8 Å². The number of halogens is 1. The number of carbonyl (C=O) groups excluding carboxylic acids is 1. The molecule has 0 unspecified atom stereocenters. The number of hydrogen-bond acceptors (Lipinski definition) is 5. The predicted molar refractivity (Wildman–Crippen MR) is 117 cm³/mol. The Kier molecular flexibility index (Phi) is 6.48. The van der Waals surface area contributed by atoms with E-state index in [1.807, 2.05) is 30.6 Å². The fourth-order valence-electron chi connectivity index (χ4n) is 3.26. The number of hydrazone groups is 1. The fraction of sp³-hybridized carbons (Fsp3) is 0.136. The maximum Gasteiger partial charge on any atom is 0.289 e. The topological polar surface area (TPSA) is 113 Å². The normalized spacial score (nSPS) is 11.8. The number of carbonyl (C=O) groups is 1. The molecule has 3 rings (SSSR count). The van der Waals surface area contributed by atoms with Crippen LogP contribution < -0.4 is 5.43 Å². The minimum absolute atomic E-state index is 0.0613. The minimum atomic E-state index is -0.972. The first kappa shape index (κ1) is 21.7. The fourth-order valence-corrected chi connectivity index (χ4v) is 3.44. The number of nitro groups is 1. The summed E-state index contributed by atoms with van der Waals surface area (Å²) in [4.78, 5) is 23.0. The van der Waals surface area contributed by atoms with Crippen LogP contribution in [-0.2, 0) is 4.79 Å². The number of benzene rings is 2. The van der Waals surface area contributed by atoms with Crippen LogP contribution in [0.15, 0.2) is 59.7 Å². The Morgan fingerprint density at radius 1 is 1.26 bits per heavy atom. The third kappa shape index (κ3) is 4.63. The number of nitrogens with one attached hydrogen (secondary N) is 1. The Morgan fingerprint density at radius 3 is 2.61 bits per heavy atom. The van der Waals surface area contributed by atoms with Crippen molar-refractivity contribution in [3.05, 3.63) is 92.2 Å². The van der Waals surface area contributed by atoms with E-state index < -0.39 is 16.7 Å².